The van der Waals surface area contributed by atoms with E-state index < -0.39 is 0 Å². The van der Waals surface area contributed by atoms with Crippen molar-refractivity contribution in [2.75, 3.05) is 18.5 Å². The summed E-state index contributed by atoms with van der Waals surface area (Å²) in [5.41, 5.74) is 11.8. The third-order valence-electron chi connectivity index (χ3n) is 3.91. The molecule has 128 valence electrons. The summed E-state index contributed by atoms with van der Waals surface area (Å²) >= 11 is 1.84. The van der Waals surface area contributed by atoms with E-state index in [0.717, 1.165) is 28.6 Å². The number of nitrogen functional groups attached to an aromatic ring is 1. The molecular weight excluding hydrogens is 316 g/mol. The van der Waals surface area contributed by atoms with Gasteiger partial charge in [0.15, 0.2) is 0 Å². The van der Waals surface area contributed by atoms with E-state index in [2.05, 4.69) is 59.0 Å². The number of aromatic nitrogens is 1. The molecule has 24 heavy (non-hydrogen) atoms. The van der Waals surface area contributed by atoms with Crippen LogP contribution in [0.1, 0.15) is 35.9 Å². The molecule has 0 bridgehead atoms. The molecule has 0 aliphatic carbocycles. The maximum atomic E-state index is 6.28. The third kappa shape index (κ3) is 4.51. The van der Waals surface area contributed by atoms with Crippen molar-refractivity contribution < 1.29 is 0 Å². The summed E-state index contributed by atoms with van der Waals surface area (Å²) in [5, 5.41) is 0.175. The van der Waals surface area contributed by atoms with Crippen molar-refractivity contribution in [2.45, 2.75) is 26.0 Å². The monoisotopic (exact) mass is 342 g/mol. The van der Waals surface area contributed by atoms with Crippen molar-refractivity contribution in [3.05, 3.63) is 53.3 Å². The van der Waals surface area contributed by atoms with E-state index in [1.807, 2.05) is 31.7 Å². The maximum absolute atomic E-state index is 6.28. The van der Waals surface area contributed by atoms with E-state index >= 15 is 0 Å². The topological polar surface area (TPSA) is 55.7 Å². The van der Waals surface area contributed by atoms with E-state index in [-0.39, 0.29) is 5.25 Å². The predicted octanol–water partition coefficient (Wildman–Crippen LogP) is 4.25. The average Bonchev–Trinajstić information content (AvgIpc) is 2.96. The van der Waals surface area contributed by atoms with Gasteiger partial charge in [0.1, 0.15) is 5.84 Å². The Kier molecular flexibility index (Phi) is 6.26. The fourth-order valence-electron chi connectivity index (χ4n) is 2.56. The lowest BCUT2D eigenvalue weighted by Gasteiger charge is -2.20. The van der Waals surface area contributed by atoms with E-state index in [0.29, 0.717) is 0 Å². The molecule has 1 atom stereocenters. The Balaban J connectivity index is 2.33. The van der Waals surface area contributed by atoms with Crippen LogP contribution in [0.2, 0.25) is 0 Å². The summed E-state index contributed by atoms with van der Waals surface area (Å²) in [6.07, 6.45) is 2.07. The number of anilines is 1. The number of rotatable bonds is 5. The quantitative estimate of drug-likeness (QED) is 0.502. The molecule has 0 fully saturated rings. The maximum Gasteiger partial charge on any atom is 0.119 e. The molecule has 2 N–H and O–H groups in total. The van der Waals surface area contributed by atoms with Crippen molar-refractivity contribution in [1.29, 1.82) is 0 Å². The van der Waals surface area contributed by atoms with Crippen LogP contribution in [0.4, 0.5) is 5.69 Å². The molecule has 2 rings (SSSR count). The smallest absolute Gasteiger partial charge is 0.119 e. The highest BCUT2D eigenvalue weighted by atomic mass is 32.2. The van der Waals surface area contributed by atoms with Gasteiger partial charge in [0.05, 0.1) is 5.25 Å². The van der Waals surface area contributed by atoms with Crippen LogP contribution < -0.4 is 5.73 Å². The fraction of sp³-hybridized carbons (Fsp3) is 0.368. The number of benzene rings is 1. The molecule has 4 nitrogen and oxygen atoms in total. The molecule has 5 heteroatoms. The van der Waals surface area contributed by atoms with Crippen molar-refractivity contribution in [3.8, 4) is 0 Å². The first-order valence-corrected chi connectivity index (χ1v) is 9.03. The van der Waals surface area contributed by atoms with Crippen LogP contribution >= 0.6 is 11.8 Å². The lowest BCUT2D eigenvalue weighted by Crippen LogP contribution is -2.09. The molecule has 0 aliphatic heterocycles. The summed E-state index contributed by atoms with van der Waals surface area (Å²) in [6.45, 7) is 6.06. The van der Waals surface area contributed by atoms with E-state index in [1.54, 1.807) is 7.05 Å². The number of hydrogen-bond acceptors (Lipinski definition) is 3. The number of nitrogens with two attached hydrogens (primary N) is 1. The number of aliphatic imine (C=N–C) groups is 2. The van der Waals surface area contributed by atoms with Gasteiger partial charge < -0.3 is 10.3 Å². The molecule has 0 radical (unpaired) electrons. The lowest BCUT2D eigenvalue weighted by atomic mass is 10.0. The van der Waals surface area contributed by atoms with Gasteiger partial charge in [-0.15, -0.1) is 11.8 Å². The van der Waals surface area contributed by atoms with Gasteiger partial charge in [-0.05, 0) is 44.5 Å². The summed E-state index contributed by atoms with van der Waals surface area (Å²) in [4.78, 5) is 8.61. The van der Waals surface area contributed by atoms with Crippen molar-refractivity contribution in [3.63, 3.8) is 0 Å². The second kappa shape index (κ2) is 8.20. The number of hydrogen-bond donors (Lipinski definition) is 1. The molecule has 1 aromatic carbocycles. The zero-order valence-electron chi connectivity index (χ0n) is 15.1. The first-order chi connectivity index (χ1) is 11.4. The highest BCUT2D eigenvalue weighted by molar-refractivity contribution is 8.00. The Bertz CT molecular complexity index is 758. The van der Waals surface area contributed by atoms with Gasteiger partial charge in [0.25, 0.3) is 0 Å². The van der Waals surface area contributed by atoms with Crippen LogP contribution in [0, 0.1) is 6.92 Å². The number of amidine groups is 1. The van der Waals surface area contributed by atoms with E-state index in [9.17, 15) is 0 Å². The minimum atomic E-state index is 0.175. The average molecular weight is 343 g/mol. The molecule has 2 aromatic rings. The van der Waals surface area contributed by atoms with E-state index in [4.69, 9.17) is 5.73 Å². The van der Waals surface area contributed by atoms with Crippen molar-refractivity contribution in [2.24, 2.45) is 17.0 Å². The first kappa shape index (κ1) is 18.3. The van der Waals surface area contributed by atoms with Gasteiger partial charge in [0.2, 0.25) is 0 Å². The molecular formula is C19H26N4S. The summed E-state index contributed by atoms with van der Waals surface area (Å²) in [7, 11) is 3.84. The Labute approximate surface area is 148 Å². The highest BCUT2D eigenvalue weighted by Gasteiger charge is 2.20. The molecule has 1 heterocycles. The van der Waals surface area contributed by atoms with Crippen molar-refractivity contribution >= 4 is 29.0 Å². The first-order valence-electron chi connectivity index (χ1n) is 7.98. The summed E-state index contributed by atoms with van der Waals surface area (Å²) < 4.78 is 2.16. The molecule has 0 amide bonds. The van der Waals surface area contributed by atoms with Crippen LogP contribution in [-0.2, 0) is 7.05 Å². The number of nitrogens with zero attached hydrogens (tertiary/aromatic N) is 3. The molecule has 1 unspecified atom stereocenters. The summed E-state index contributed by atoms with van der Waals surface area (Å²) in [5.74, 6) is 1.63. The van der Waals surface area contributed by atoms with Crippen LogP contribution in [0.3, 0.4) is 0 Å². The van der Waals surface area contributed by atoms with E-state index in [1.165, 1.54) is 11.3 Å². The second-order valence-corrected chi connectivity index (χ2v) is 7.08. The lowest BCUT2D eigenvalue weighted by molar-refractivity contribution is 0.843. The zero-order valence-corrected chi connectivity index (χ0v) is 15.9. The summed E-state index contributed by atoms with van der Waals surface area (Å²) in [6, 6.07) is 10.5. The minimum Gasteiger partial charge on any atom is -0.398 e. The van der Waals surface area contributed by atoms with Gasteiger partial charge in [-0.25, -0.2) is 4.99 Å². The SMILES string of the molecule is CN=C(C)N=C(C)CSC(c1cc(C)ccc1N)c1cccn1C. The largest absolute Gasteiger partial charge is 0.398 e. The van der Waals surface area contributed by atoms with Gasteiger partial charge in [-0.2, -0.15) is 0 Å². The van der Waals surface area contributed by atoms with Crippen LogP contribution in [0.25, 0.3) is 0 Å². The van der Waals surface area contributed by atoms with Gasteiger partial charge in [-0.3, -0.25) is 4.99 Å². The number of aryl methyl sites for hydroxylation is 2. The van der Waals surface area contributed by atoms with Crippen LogP contribution in [-0.4, -0.2) is 28.9 Å². The molecule has 1 aromatic heterocycles. The van der Waals surface area contributed by atoms with Crippen molar-refractivity contribution in [1.82, 2.24) is 4.57 Å². The molecule has 0 spiro atoms. The molecule has 0 saturated carbocycles. The predicted molar refractivity (Wildman–Crippen MR) is 107 cm³/mol. The standard InChI is InChI=1S/C19H26N4S/c1-13-8-9-17(20)16(11-13)19(18-7-6-10-23(18)5)24-12-14(2)22-15(3)21-4/h6-11,19H,12,20H2,1-5H3. The van der Waals surface area contributed by atoms with Gasteiger partial charge in [-0.1, -0.05) is 17.7 Å². The van der Waals surface area contributed by atoms with Gasteiger partial charge in [0, 0.05) is 43.1 Å². The zero-order chi connectivity index (χ0) is 17.7. The molecule has 0 saturated heterocycles. The normalized spacial score (nSPS) is 14.0. The Morgan fingerprint density at radius 3 is 2.67 bits per heavy atom. The second-order valence-electron chi connectivity index (χ2n) is 5.99. The van der Waals surface area contributed by atoms with Gasteiger partial charge >= 0.3 is 0 Å². The van der Waals surface area contributed by atoms with Crippen LogP contribution in [0.5, 0.6) is 0 Å². The highest BCUT2D eigenvalue weighted by Crippen LogP contribution is 2.38. The van der Waals surface area contributed by atoms with Crippen LogP contribution in [0.15, 0.2) is 46.5 Å². The number of thioether (sulfide) groups is 1. The fourth-order valence-corrected chi connectivity index (χ4v) is 3.84. The Morgan fingerprint density at radius 2 is 2.04 bits per heavy atom. The minimum absolute atomic E-state index is 0.175. The Hall–Kier alpha value is -2.01. The Morgan fingerprint density at radius 1 is 1.29 bits per heavy atom. The third-order valence-corrected chi connectivity index (χ3v) is 5.33. The molecule has 0 aliphatic rings.